The number of para-hydroxylation sites is 2. The third-order valence-corrected chi connectivity index (χ3v) is 6.22. The van der Waals surface area contributed by atoms with Crippen molar-refractivity contribution in [3.8, 4) is 5.75 Å². The Labute approximate surface area is 195 Å². The Kier molecular flexibility index (Phi) is 8.06. The first-order chi connectivity index (χ1) is 15.8. The Morgan fingerprint density at radius 1 is 0.879 bits per heavy atom. The molecule has 2 amide bonds. The van der Waals surface area contributed by atoms with Gasteiger partial charge in [0.25, 0.3) is 5.91 Å². The van der Waals surface area contributed by atoms with E-state index in [9.17, 15) is 18.4 Å². The molecule has 33 heavy (non-hydrogen) atoms. The Morgan fingerprint density at radius 2 is 1.52 bits per heavy atom. The molecule has 3 rings (SSSR count). The fraction of sp³-hybridized carbons (Fsp3) is 0.200. The van der Waals surface area contributed by atoms with Crippen molar-refractivity contribution in [3.05, 3.63) is 89.5 Å². The van der Waals surface area contributed by atoms with Gasteiger partial charge in [0.05, 0.1) is 18.0 Å². The van der Waals surface area contributed by atoms with Gasteiger partial charge in [-0.05, 0) is 62.4 Å². The first-order valence-corrected chi connectivity index (χ1v) is 11.2. The lowest BCUT2D eigenvalue weighted by molar-refractivity contribution is -0.115. The molecule has 0 aromatic heterocycles. The summed E-state index contributed by atoms with van der Waals surface area (Å²) in [7, 11) is 1.52. The summed E-state index contributed by atoms with van der Waals surface area (Å²) in [5, 5.41) is 4.44. The van der Waals surface area contributed by atoms with Crippen molar-refractivity contribution in [3.63, 3.8) is 0 Å². The summed E-state index contributed by atoms with van der Waals surface area (Å²) in [5.41, 5.74) is 1.41. The topological polar surface area (TPSA) is 67.4 Å². The minimum absolute atomic E-state index is 0.0486. The number of halogens is 2. The third kappa shape index (κ3) is 6.10. The summed E-state index contributed by atoms with van der Waals surface area (Å²) in [6.45, 7) is 3.33. The predicted molar refractivity (Wildman–Crippen MR) is 128 cm³/mol. The van der Waals surface area contributed by atoms with Crippen LogP contribution in [-0.2, 0) is 4.79 Å². The highest BCUT2D eigenvalue weighted by molar-refractivity contribution is 8.00. The van der Waals surface area contributed by atoms with E-state index < -0.39 is 22.1 Å². The summed E-state index contributed by atoms with van der Waals surface area (Å²) in [4.78, 5) is 25.1. The van der Waals surface area contributed by atoms with E-state index in [1.54, 1.807) is 62.4 Å². The van der Waals surface area contributed by atoms with Crippen molar-refractivity contribution in [2.24, 2.45) is 0 Å². The molecule has 2 atom stereocenters. The highest BCUT2D eigenvalue weighted by Crippen LogP contribution is 2.35. The van der Waals surface area contributed by atoms with Crippen molar-refractivity contribution in [2.45, 2.75) is 24.3 Å². The molecule has 0 spiro atoms. The maximum atomic E-state index is 14.0. The average Bonchev–Trinajstić information content (AvgIpc) is 2.79. The monoisotopic (exact) mass is 470 g/mol. The normalized spacial score (nSPS) is 12.5. The molecule has 0 aliphatic carbocycles. The number of hydrogen-bond donors (Lipinski definition) is 2. The number of benzene rings is 3. The summed E-state index contributed by atoms with van der Waals surface area (Å²) >= 11 is 1.15. The summed E-state index contributed by atoms with van der Waals surface area (Å²) in [6, 6.07) is 17.2. The second-order valence-electron chi connectivity index (χ2n) is 7.28. The number of carbonyl (C=O) groups excluding carboxylic acids is 2. The Balaban J connectivity index is 1.59. The Bertz CT molecular complexity index is 1120. The van der Waals surface area contributed by atoms with E-state index in [-0.39, 0.29) is 17.4 Å². The summed E-state index contributed by atoms with van der Waals surface area (Å²) in [5.74, 6) is -1.35. The molecule has 2 unspecified atom stereocenters. The molecule has 0 radical (unpaired) electrons. The molecular formula is C25H24F2N2O3S. The van der Waals surface area contributed by atoms with Crippen molar-refractivity contribution >= 4 is 35.0 Å². The molecule has 172 valence electrons. The molecule has 0 saturated heterocycles. The van der Waals surface area contributed by atoms with Gasteiger partial charge in [0, 0.05) is 22.1 Å². The molecule has 8 heteroatoms. The van der Waals surface area contributed by atoms with Crippen LogP contribution < -0.4 is 15.4 Å². The number of ether oxygens (including phenoxy) is 1. The van der Waals surface area contributed by atoms with Crippen LogP contribution in [0.5, 0.6) is 5.75 Å². The fourth-order valence-corrected chi connectivity index (χ4v) is 4.38. The van der Waals surface area contributed by atoms with Crippen LogP contribution in [0.3, 0.4) is 0 Å². The van der Waals surface area contributed by atoms with E-state index in [2.05, 4.69) is 10.6 Å². The smallest absolute Gasteiger partial charge is 0.255 e. The van der Waals surface area contributed by atoms with Crippen molar-refractivity contribution in [1.82, 2.24) is 0 Å². The number of thioether (sulfide) groups is 1. The van der Waals surface area contributed by atoms with Crippen LogP contribution in [0.1, 0.15) is 35.0 Å². The van der Waals surface area contributed by atoms with Gasteiger partial charge in [-0.1, -0.05) is 18.2 Å². The van der Waals surface area contributed by atoms with Crippen molar-refractivity contribution < 1.29 is 23.1 Å². The van der Waals surface area contributed by atoms with Gasteiger partial charge in [-0.2, -0.15) is 0 Å². The second kappa shape index (κ2) is 11.0. The lowest BCUT2D eigenvalue weighted by Gasteiger charge is -2.18. The standard InChI is InChI=1S/C25H24F2N2O3S/c1-15(23-19(26)7-6-8-20(23)27)33-16(2)24(30)28-18-13-11-17(12-14-18)25(31)29-21-9-4-5-10-22(21)32-3/h4-16H,1-3H3,(H,28,30)(H,29,31). The van der Waals surface area contributed by atoms with E-state index >= 15 is 0 Å². The number of rotatable bonds is 8. The molecule has 0 aliphatic heterocycles. The SMILES string of the molecule is COc1ccccc1NC(=O)c1ccc(NC(=O)C(C)SC(C)c2c(F)cccc2F)cc1. The zero-order valence-electron chi connectivity index (χ0n) is 18.4. The van der Waals surface area contributed by atoms with Gasteiger partial charge >= 0.3 is 0 Å². The lowest BCUT2D eigenvalue weighted by Crippen LogP contribution is -2.23. The van der Waals surface area contributed by atoms with E-state index in [4.69, 9.17) is 4.74 Å². The van der Waals surface area contributed by atoms with Crippen LogP contribution in [0, 0.1) is 11.6 Å². The van der Waals surface area contributed by atoms with Crippen molar-refractivity contribution in [2.75, 3.05) is 17.7 Å². The summed E-state index contributed by atoms with van der Waals surface area (Å²) < 4.78 is 33.2. The molecule has 5 nitrogen and oxygen atoms in total. The van der Waals surface area contributed by atoms with Crippen LogP contribution in [0.2, 0.25) is 0 Å². The number of methoxy groups -OCH3 is 1. The average molecular weight is 471 g/mol. The van der Waals surface area contributed by atoms with Gasteiger partial charge in [0.1, 0.15) is 17.4 Å². The van der Waals surface area contributed by atoms with Crippen LogP contribution >= 0.6 is 11.8 Å². The fourth-order valence-electron chi connectivity index (χ4n) is 3.23. The number of nitrogens with one attached hydrogen (secondary N) is 2. The minimum Gasteiger partial charge on any atom is -0.495 e. The number of amides is 2. The molecular weight excluding hydrogens is 446 g/mol. The third-order valence-electron chi connectivity index (χ3n) is 4.95. The van der Waals surface area contributed by atoms with Gasteiger partial charge in [0.2, 0.25) is 5.91 Å². The van der Waals surface area contributed by atoms with Crippen LogP contribution in [0.4, 0.5) is 20.2 Å². The molecule has 0 fully saturated rings. The van der Waals surface area contributed by atoms with E-state index in [1.807, 2.05) is 0 Å². The first-order valence-electron chi connectivity index (χ1n) is 10.2. The van der Waals surface area contributed by atoms with Gasteiger partial charge in [0.15, 0.2) is 0 Å². The highest BCUT2D eigenvalue weighted by Gasteiger charge is 2.22. The highest BCUT2D eigenvalue weighted by atomic mass is 32.2. The van der Waals surface area contributed by atoms with Gasteiger partial charge in [-0.15, -0.1) is 11.8 Å². The van der Waals surface area contributed by atoms with Crippen LogP contribution in [0.25, 0.3) is 0 Å². The predicted octanol–water partition coefficient (Wildman–Crippen LogP) is 6.05. The maximum Gasteiger partial charge on any atom is 0.255 e. The molecule has 2 N–H and O–H groups in total. The second-order valence-corrected chi connectivity index (χ2v) is 8.96. The van der Waals surface area contributed by atoms with Crippen LogP contribution in [0.15, 0.2) is 66.7 Å². The number of carbonyl (C=O) groups is 2. The quantitative estimate of drug-likeness (QED) is 0.421. The lowest BCUT2D eigenvalue weighted by atomic mass is 10.1. The Morgan fingerprint density at radius 3 is 2.15 bits per heavy atom. The Hall–Kier alpha value is -3.39. The zero-order valence-corrected chi connectivity index (χ0v) is 19.2. The number of anilines is 2. The molecule has 3 aromatic carbocycles. The van der Waals surface area contributed by atoms with E-state index in [0.717, 1.165) is 11.8 Å². The van der Waals surface area contributed by atoms with Crippen molar-refractivity contribution in [1.29, 1.82) is 0 Å². The maximum absolute atomic E-state index is 14.0. The van der Waals surface area contributed by atoms with Gasteiger partial charge in [-0.3, -0.25) is 9.59 Å². The molecule has 0 aliphatic rings. The minimum atomic E-state index is -0.635. The molecule has 3 aromatic rings. The van der Waals surface area contributed by atoms with Gasteiger partial charge < -0.3 is 15.4 Å². The van der Waals surface area contributed by atoms with Gasteiger partial charge in [-0.25, -0.2) is 8.78 Å². The molecule has 0 heterocycles. The van der Waals surface area contributed by atoms with E-state index in [0.29, 0.717) is 22.7 Å². The van der Waals surface area contributed by atoms with Crippen LogP contribution in [-0.4, -0.2) is 24.2 Å². The first kappa shape index (κ1) is 24.3. The summed E-state index contributed by atoms with van der Waals surface area (Å²) in [6.07, 6.45) is 0. The largest absolute Gasteiger partial charge is 0.495 e. The number of hydrogen-bond acceptors (Lipinski definition) is 4. The zero-order chi connectivity index (χ0) is 24.0. The molecule has 0 bridgehead atoms. The molecule has 0 saturated carbocycles. The van der Waals surface area contributed by atoms with E-state index in [1.165, 1.54) is 25.3 Å².